The average Bonchev–Trinajstić information content (AvgIpc) is 3.17. The van der Waals surface area contributed by atoms with Crippen molar-refractivity contribution in [3.05, 3.63) is 115 Å². The number of hydrogen-bond donors (Lipinski definition) is 2. The van der Waals surface area contributed by atoms with E-state index in [9.17, 15) is 24.8 Å². The molecule has 2 N–H and O–H groups in total. The minimum Gasteiger partial charge on any atom is -0.494 e. The first-order chi connectivity index (χ1) is 17.3. The zero-order chi connectivity index (χ0) is 25.4. The van der Waals surface area contributed by atoms with E-state index in [1.165, 1.54) is 16.7 Å². The molecule has 36 heavy (non-hydrogen) atoms. The highest BCUT2D eigenvalue weighted by Gasteiger charge is 2.30. The molecule has 1 aliphatic heterocycles. The largest absolute Gasteiger partial charge is 0.494 e. The Hall–Kier alpha value is -5.03. The number of carbonyl (C=O) groups is 1. The van der Waals surface area contributed by atoms with Crippen LogP contribution in [0.25, 0.3) is 11.8 Å². The normalized spacial score (nSPS) is 13.3. The van der Waals surface area contributed by atoms with Crippen LogP contribution >= 0.6 is 12.2 Å². The Kier molecular flexibility index (Phi) is 5.66. The fraction of sp³-hybridized carbons (Fsp3) is 0. The number of para-hydroxylation sites is 1. The van der Waals surface area contributed by atoms with Crippen LogP contribution in [0, 0.1) is 14.9 Å². The van der Waals surface area contributed by atoms with Gasteiger partial charge in [0.15, 0.2) is 10.5 Å². The number of rotatable bonds is 5. The minimum absolute atomic E-state index is 0.0156. The van der Waals surface area contributed by atoms with Gasteiger partial charge >= 0.3 is 0 Å². The zero-order valence-electron chi connectivity index (χ0n) is 18.2. The third-order valence-corrected chi connectivity index (χ3v) is 5.62. The molecule has 10 nitrogen and oxygen atoms in total. The Morgan fingerprint density at radius 1 is 1.03 bits per heavy atom. The molecule has 0 radical (unpaired) electrons. The second-order valence-electron chi connectivity index (χ2n) is 7.62. The predicted octanol–water partition coefficient (Wildman–Crippen LogP) is 4.92. The summed E-state index contributed by atoms with van der Waals surface area (Å²) in [4.78, 5) is 38.2. The molecule has 0 saturated heterocycles. The number of non-ortho nitro benzene ring substituents is 1. The summed E-state index contributed by atoms with van der Waals surface area (Å²) in [5.74, 6) is -0.212. The van der Waals surface area contributed by atoms with Gasteiger partial charge in [0.1, 0.15) is 22.8 Å². The van der Waals surface area contributed by atoms with Crippen LogP contribution < -0.4 is 15.0 Å². The van der Waals surface area contributed by atoms with Crippen LogP contribution in [0.2, 0.25) is 0 Å². The lowest BCUT2D eigenvalue weighted by atomic mass is 10.1. The van der Waals surface area contributed by atoms with E-state index in [2.05, 4.69) is 4.98 Å². The van der Waals surface area contributed by atoms with Crippen molar-refractivity contribution in [1.82, 2.24) is 9.55 Å². The second-order valence-corrected chi connectivity index (χ2v) is 8.01. The summed E-state index contributed by atoms with van der Waals surface area (Å²) < 4.78 is 12.4. The Bertz CT molecular complexity index is 1670. The number of benzene rings is 3. The van der Waals surface area contributed by atoms with Crippen molar-refractivity contribution in [2.45, 2.75) is 0 Å². The van der Waals surface area contributed by atoms with Crippen LogP contribution in [-0.4, -0.2) is 25.4 Å². The monoisotopic (exact) mass is 501 g/mol. The molecule has 0 fully saturated rings. The molecule has 1 aromatic heterocycles. The fourth-order valence-corrected chi connectivity index (χ4v) is 3.90. The summed E-state index contributed by atoms with van der Waals surface area (Å²) >= 11 is 5.24. The SMILES string of the molecule is O=C1C(=Cc2c(O)n(-c3ccc(Oc4ccccc4)cc3)c(=S)[nH]c2=O)Oc2cc([N+](=O)[O-])ccc21. The maximum Gasteiger partial charge on any atom is 0.273 e. The van der Waals surface area contributed by atoms with Crippen molar-refractivity contribution in [2.24, 2.45) is 0 Å². The number of aromatic amines is 1. The van der Waals surface area contributed by atoms with E-state index in [0.717, 1.165) is 12.1 Å². The standard InChI is InChI=1S/C25H15N3O7S/c29-22-18-11-8-15(28(32)33)12-20(18)35-21(22)13-19-23(30)26-25(36)27(24(19)31)14-6-9-17(10-7-14)34-16-4-2-1-3-5-16/h1-13,31H,(H,26,30,36). The maximum absolute atomic E-state index is 12.7. The van der Waals surface area contributed by atoms with Crippen molar-refractivity contribution in [3.63, 3.8) is 0 Å². The van der Waals surface area contributed by atoms with Crippen molar-refractivity contribution < 1.29 is 24.3 Å². The van der Waals surface area contributed by atoms with Gasteiger partial charge in [-0.25, -0.2) is 0 Å². The van der Waals surface area contributed by atoms with Crippen LogP contribution in [0.15, 0.2) is 83.4 Å². The lowest BCUT2D eigenvalue weighted by Gasteiger charge is -2.12. The third-order valence-electron chi connectivity index (χ3n) is 5.33. The van der Waals surface area contributed by atoms with Crippen LogP contribution in [0.1, 0.15) is 15.9 Å². The first-order valence-electron chi connectivity index (χ1n) is 10.5. The highest BCUT2D eigenvalue weighted by atomic mass is 32.1. The number of aromatic nitrogens is 2. The fourth-order valence-electron chi connectivity index (χ4n) is 3.62. The number of nitro benzene ring substituents is 1. The van der Waals surface area contributed by atoms with Gasteiger partial charge in [0.05, 0.1) is 22.2 Å². The van der Waals surface area contributed by atoms with Gasteiger partial charge in [-0.05, 0) is 54.7 Å². The van der Waals surface area contributed by atoms with E-state index in [-0.39, 0.29) is 33.1 Å². The smallest absolute Gasteiger partial charge is 0.273 e. The summed E-state index contributed by atoms with van der Waals surface area (Å²) in [6, 6.07) is 19.3. The highest BCUT2D eigenvalue weighted by Crippen LogP contribution is 2.35. The summed E-state index contributed by atoms with van der Waals surface area (Å²) in [7, 11) is 0. The number of ether oxygens (including phenoxy) is 2. The van der Waals surface area contributed by atoms with E-state index in [1.807, 2.05) is 18.2 Å². The van der Waals surface area contributed by atoms with Crippen molar-refractivity contribution in [1.29, 1.82) is 0 Å². The van der Waals surface area contributed by atoms with Crippen molar-refractivity contribution in [3.8, 4) is 28.8 Å². The van der Waals surface area contributed by atoms with Gasteiger partial charge in [-0.1, -0.05) is 18.2 Å². The summed E-state index contributed by atoms with van der Waals surface area (Å²) in [6.45, 7) is 0. The molecule has 0 amide bonds. The molecule has 0 bridgehead atoms. The number of ketones is 1. The molecule has 0 aliphatic carbocycles. The molecule has 11 heteroatoms. The number of allylic oxidation sites excluding steroid dienone is 1. The van der Waals surface area contributed by atoms with Crippen LogP contribution in [-0.2, 0) is 0 Å². The molecule has 0 saturated carbocycles. The number of Topliss-reactive ketones (excluding diaryl/α,β-unsaturated/α-hetero) is 1. The van der Waals surface area contributed by atoms with Gasteiger partial charge in [-0.15, -0.1) is 0 Å². The van der Waals surface area contributed by atoms with Gasteiger partial charge < -0.3 is 14.6 Å². The lowest BCUT2D eigenvalue weighted by molar-refractivity contribution is -0.384. The van der Waals surface area contributed by atoms with Crippen LogP contribution in [0.3, 0.4) is 0 Å². The van der Waals surface area contributed by atoms with Crippen molar-refractivity contribution >= 4 is 29.8 Å². The Morgan fingerprint density at radius 2 is 1.72 bits per heavy atom. The number of aromatic hydroxyl groups is 1. The molecule has 0 atom stereocenters. The van der Waals surface area contributed by atoms with Crippen LogP contribution in [0.5, 0.6) is 23.1 Å². The first kappa shape index (κ1) is 22.7. The molecule has 5 rings (SSSR count). The number of nitrogens with zero attached hydrogens (tertiary/aromatic N) is 2. The number of H-pyrrole nitrogens is 1. The van der Waals surface area contributed by atoms with E-state index >= 15 is 0 Å². The maximum atomic E-state index is 12.7. The number of carbonyl (C=O) groups excluding carboxylic acids is 1. The molecule has 1 aliphatic rings. The summed E-state index contributed by atoms with van der Waals surface area (Å²) in [5, 5.41) is 21.9. The number of nitrogens with one attached hydrogen (secondary N) is 1. The number of hydrogen-bond acceptors (Lipinski definition) is 8. The van der Waals surface area contributed by atoms with Gasteiger partial charge in [0, 0.05) is 12.1 Å². The molecule has 3 aromatic carbocycles. The Balaban J connectivity index is 1.50. The number of nitro groups is 1. The molecular formula is C25H15N3O7S. The first-order valence-corrected chi connectivity index (χ1v) is 10.9. The predicted molar refractivity (Wildman–Crippen MR) is 131 cm³/mol. The molecule has 178 valence electrons. The highest BCUT2D eigenvalue weighted by molar-refractivity contribution is 7.71. The summed E-state index contributed by atoms with van der Waals surface area (Å²) in [6.07, 6.45) is 1.07. The Morgan fingerprint density at radius 3 is 2.42 bits per heavy atom. The van der Waals surface area contributed by atoms with Gasteiger partial charge in [-0.3, -0.25) is 29.3 Å². The average molecular weight is 501 g/mol. The molecular weight excluding hydrogens is 486 g/mol. The third kappa shape index (κ3) is 4.14. The Labute approximate surface area is 207 Å². The molecule has 4 aromatic rings. The van der Waals surface area contributed by atoms with Gasteiger partial charge in [0.25, 0.3) is 11.2 Å². The second kappa shape index (κ2) is 8.96. The summed E-state index contributed by atoms with van der Waals surface area (Å²) in [5.41, 5.74) is -0.755. The quantitative estimate of drug-likeness (QED) is 0.170. The van der Waals surface area contributed by atoms with E-state index in [0.29, 0.717) is 17.2 Å². The lowest BCUT2D eigenvalue weighted by Crippen LogP contribution is -2.16. The molecule has 0 spiro atoms. The topological polar surface area (TPSA) is 137 Å². The van der Waals surface area contributed by atoms with Gasteiger partial charge in [0.2, 0.25) is 11.7 Å². The van der Waals surface area contributed by atoms with E-state index < -0.39 is 22.1 Å². The van der Waals surface area contributed by atoms with E-state index in [4.69, 9.17) is 21.7 Å². The molecule has 0 unspecified atom stereocenters. The minimum atomic E-state index is -0.747. The zero-order valence-corrected chi connectivity index (χ0v) is 19.0. The van der Waals surface area contributed by atoms with Crippen LogP contribution in [0.4, 0.5) is 5.69 Å². The molecule has 2 heterocycles. The number of fused-ring (bicyclic) bond motifs is 1. The van der Waals surface area contributed by atoms with Crippen molar-refractivity contribution in [2.75, 3.05) is 0 Å². The van der Waals surface area contributed by atoms with Gasteiger partial charge in [-0.2, -0.15) is 0 Å². The van der Waals surface area contributed by atoms with E-state index in [1.54, 1.807) is 36.4 Å².